The molecule has 4 nitrogen and oxygen atoms in total. The minimum Gasteiger partial charge on any atom is -0.493 e. The first-order valence-corrected chi connectivity index (χ1v) is 5.69. The van der Waals surface area contributed by atoms with Crippen molar-refractivity contribution in [1.29, 1.82) is 0 Å². The second-order valence-corrected chi connectivity index (χ2v) is 3.95. The van der Waals surface area contributed by atoms with Crippen molar-refractivity contribution in [2.75, 3.05) is 27.4 Å². The summed E-state index contributed by atoms with van der Waals surface area (Å²) in [6, 6.07) is 3.87. The SMILES string of the molecule is COc1cc2c(cc1OC)C(CO)=NCCC2. The van der Waals surface area contributed by atoms with Crippen LogP contribution in [0.1, 0.15) is 17.5 Å². The zero-order valence-corrected chi connectivity index (χ0v) is 10.2. The standard InChI is InChI=1S/C13H17NO3/c1-16-12-6-9-4-3-5-14-11(8-15)10(9)7-13(12)17-2/h6-7,15H,3-5,8H2,1-2H3. The zero-order chi connectivity index (χ0) is 12.3. The summed E-state index contributed by atoms with van der Waals surface area (Å²) in [6.07, 6.45) is 1.94. The highest BCUT2D eigenvalue weighted by Crippen LogP contribution is 2.32. The van der Waals surface area contributed by atoms with Gasteiger partial charge in [0.05, 0.1) is 26.5 Å². The molecule has 0 unspecified atom stereocenters. The summed E-state index contributed by atoms with van der Waals surface area (Å²) >= 11 is 0. The van der Waals surface area contributed by atoms with Crippen molar-refractivity contribution < 1.29 is 14.6 Å². The van der Waals surface area contributed by atoms with E-state index in [9.17, 15) is 5.11 Å². The Hall–Kier alpha value is -1.55. The number of aliphatic hydroxyl groups is 1. The van der Waals surface area contributed by atoms with Crippen molar-refractivity contribution in [3.05, 3.63) is 23.3 Å². The molecular weight excluding hydrogens is 218 g/mol. The first-order chi connectivity index (χ1) is 8.30. The molecule has 0 saturated heterocycles. The van der Waals surface area contributed by atoms with Crippen molar-refractivity contribution in [3.63, 3.8) is 0 Å². The van der Waals surface area contributed by atoms with Crippen LogP contribution in [0.25, 0.3) is 0 Å². The number of aryl methyl sites for hydroxylation is 1. The molecule has 0 amide bonds. The molecule has 4 heteroatoms. The molecule has 1 aliphatic rings. The lowest BCUT2D eigenvalue weighted by Crippen LogP contribution is -2.09. The quantitative estimate of drug-likeness (QED) is 0.862. The molecule has 0 spiro atoms. The minimum absolute atomic E-state index is 0.0392. The molecule has 1 N–H and O–H groups in total. The van der Waals surface area contributed by atoms with Crippen LogP contribution in [0.5, 0.6) is 11.5 Å². The van der Waals surface area contributed by atoms with Crippen molar-refractivity contribution in [3.8, 4) is 11.5 Å². The van der Waals surface area contributed by atoms with E-state index in [0.717, 1.165) is 42.0 Å². The van der Waals surface area contributed by atoms with Gasteiger partial charge in [0, 0.05) is 12.1 Å². The zero-order valence-electron chi connectivity index (χ0n) is 10.2. The van der Waals surface area contributed by atoms with Gasteiger partial charge in [-0.25, -0.2) is 0 Å². The Balaban J connectivity index is 2.54. The Morgan fingerprint density at radius 3 is 2.59 bits per heavy atom. The largest absolute Gasteiger partial charge is 0.493 e. The van der Waals surface area contributed by atoms with Crippen LogP contribution < -0.4 is 9.47 Å². The Labute approximate surface area is 101 Å². The van der Waals surface area contributed by atoms with Gasteiger partial charge in [0.25, 0.3) is 0 Å². The van der Waals surface area contributed by atoms with Crippen LogP contribution in [0, 0.1) is 0 Å². The van der Waals surface area contributed by atoms with E-state index in [1.165, 1.54) is 0 Å². The van der Waals surface area contributed by atoms with Crippen LogP contribution in [0.4, 0.5) is 0 Å². The van der Waals surface area contributed by atoms with E-state index in [2.05, 4.69) is 4.99 Å². The van der Waals surface area contributed by atoms with E-state index in [1.54, 1.807) is 14.2 Å². The van der Waals surface area contributed by atoms with E-state index >= 15 is 0 Å². The number of benzene rings is 1. The van der Waals surface area contributed by atoms with Crippen molar-refractivity contribution >= 4 is 5.71 Å². The van der Waals surface area contributed by atoms with E-state index in [4.69, 9.17) is 9.47 Å². The van der Waals surface area contributed by atoms with E-state index in [1.807, 2.05) is 12.1 Å². The maximum atomic E-state index is 9.35. The average Bonchev–Trinajstić information content (AvgIpc) is 2.58. The number of nitrogens with zero attached hydrogens (tertiary/aromatic N) is 1. The fourth-order valence-electron chi connectivity index (χ4n) is 2.10. The summed E-state index contributed by atoms with van der Waals surface area (Å²) in [5, 5.41) is 9.35. The van der Waals surface area contributed by atoms with Gasteiger partial charge in [0.15, 0.2) is 11.5 Å². The number of aliphatic imine (C=N–C) groups is 1. The molecule has 17 heavy (non-hydrogen) atoms. The summed E-state index contributed by atoms with van der Waals surface area (Å²) in [6.45, 7) is 0.720. The molecular formula is C13H17NO3. The summed E-state index contributed by atoms with van der Waals surface area (Å²) in [5.41, 5.74) is 2.87. The third-order valence-electron chi connectivity index (χ3n) is 2.98. The fourth-order valence-corrected chi connectivity index (χ4v) is 2.10. The number of fused-ring (bicyclic) bond motifs is 1. The van der Waals surface area contributed by atoms with Crippen molar-refractivity contribution in [1.82, 2.24) is 0 Å². The van der Waals surface area contributed by atoms with Crippen molar-refractivity contribution in [2.45, 2.75) is 12.8 Å². The van der Waals surface area contributed by atoms with Gasteiger partial charge in [-0.3, -0.25) is 4.99 Å². The molecule has 0 saturated carbocycles. The highest BCUT2D eigenvalue weighted by atomic mass is 16.5. The first kappa shape index (κ1) is 11.9. The fraction of sp³-hybridized carbons (Fsp3) is 0.462. The van der Waals surface area contributed by atoms with Gasteiger partial charge >= 0.3 is 0 Å². The van der Waals surface area contributed by atoms with Crippen LogP contribution in [0.15, 0.2) is 17.1 Å². The van der Waals surface area contributed by atoms with E-state index in [-0.39, 0.29) is 6.61 Å². The van der Waals surface area contributed by atoms with E-state index in [0.29, 0.717) is 5.75 Å². The number of hydrogen-bond donors (Lipinski definition) is 1. The number of hydrogen-bond acceptors (Lipinski definition) is 4. The number of rotatable bonds is 3. The monoisotopic (exact) mass is 235 g/mol. The summed E-state index contributed by atoms with van der Waals surface area (Å²) in [4.78, 5) is 4.38. The van der Waals surface area contributed by atoms with Crippen LogP contribution in [-0.4, -0.2) is 38.2 Å². The van der Waals surface area contributed by atoms with Gasteiger partial charge in [-0.15, -0.1) is 0 Å². The predicted molar refractivity (Wildman–Crippen MR) is 66.4 cm³/mol. The smallest absolute Gasteiger partial charge is 0.161 e. The van der Waals surface area contributed by atoms with Gasteiger partial charge in [0.1, 0.15) is 0 Å². The number of methoxy groups -OCH3 is 2. The van der Waals surface area contributed by atoms with Gasteiger partial charge in [-0.2, -0.15) is 0 Å². The van der Waals surface area contributed by atoms with Crippen LogP contribution in [0.3, 0.4) is 0 Å². The average molecular weight is 235 g/mol. The third-order valence-corrected chi connectivity index (χ3v) is 2.98. The molecule has 1 aromatic rings. The molecule has 92 valence electrons. The molecule has 0 radical (unpaired) electrons. The van der Waals surface area contributed by atoms with E-state index < -0.39 is 0 Å². The Kier molecular flexibility index (Phi) is 3.64. The molecule has 0 fully saturated rings. The van der Waals surface area contributed by atoms with Gasteiger partial charge in [-0.1, -0.05) is 0 Å². The number of aliphatic hydroxyl groups excluding tert-OH is 1. The van der Waals surface area contributed by atoms with Crippen LogP contribution in [0.2, 0.25) is 0 Å². The lowest BCUT2D eigenvalue weighted by molar-refractivity contribution is 0.353. The third kappa shape index (κ3) is 2.26. The second kappa shape index (κ2) is 5.19. The summed E-state index contributed by atoms with van der Waals surface area (Å²) in [7, 11) is 3.23. The molecule has 0 bridgehead atoms. The summed E-state index contributed by atoms with van der Waals surface area (Å²) < 4.78 is 10.6. The topological polar surface area (TPSA) is 51.0 Å². The maximum absolute atomic E-state index is 9.35. The molecule has 1 aliphatic heterocycles. The molecule has 1 aromatic carbocycles. The first-order valence-electron chi connectivity index (χ1n) is 5.69. The minimum atomic E-state index is -0.0392. The highest BCUT2D eigenvalue weighted by Gasteiger charge is 2.16. The normalized spacial score (nSPS) is 14.6. The van der Waals surface area contributed by atoms with Gasteiger partial charge in [0.2, 0.25) is 0 Å². The summed E-state index contributed by atoms with van der Waals surface area (Å²) in [5.74, 6) is 1.40. The molecule has 1 heterocycles. The van der Waals surface area contributed by atoms with Gasteiger partial charge in [-0.05, 0) is 30.5 Å². The lowest BCUT2D eigenvalue weighted by atomic mass is 9.99. The Bertz CT molecular complexity index is 441. The molecule has 0 aromatic heterocycles. The number of ether oxygens (including phenoxy) is 2. The maximum Gasteiger partial charge on any atom is 0.161 e. The second-order valence-electron chi connectivity index (χ2n) is 3.95. The molecule has 2 rings (SSSR count). The van der Waals surface area contributed by atoms with Crippen LogP contribution in [-0.2, 0) is 6.42 Å². The van der Waals surface area contributed by atoms with Gasteiger partial charge < -0.3 is 14.6 Å². The Morgan fingerprint density at radius 2 is 1.94 bits per heavy atom. The lowest BCUT2D eigenvalue weighted by Gasteiger charge is -2.13. The highest BCUT2D eigenvalue weighted by molar-refractivity contribution is 6.03. The molecule has 0 aliphatic carbocycles. The molecule has 0 atom stereocenters. The van der Waals surface area contributed by atoms with Crippen molar-refractivity contribution in [2.24, 2.45) is 4.99 Å². The Morgan fingerprint density at radius 1 is 1.24 bits per heavy atom. The predicted octanol–water partition coefficient (Wildman–Crippen LogP) is 1.43. The van der Waals surface area contributed by atoms with Crippen LogP contribution >= 0.6 is 0 Å².